The average molecular weight is 408 g/mol. The molecule has 1 aliphatic rings. The van der Waals surface area contributed by atoms with Crippen LogP contribution in [0.5, 0.6) is 0 Å². The van der Waals surface area contributed by atoms with Crippen molar-refractivity contribution in [2.24, 2.45) is 12.0 Å². The lowest BCUT2D eigenvalue weighted by atomic mass is 10.1. The number of rotatable bonds is 6. The minimum Gasteiger partial charge on any atom is -0.356 e. The fraction of sp³-hybridized carbons (Fsp3) is 0.500. The third-order valence-corrected chi connectivity index (χ3v) is 4.99. The molecule has 2 aromatic rings. The van der Waals surface area contributed by atoms with Crippen LogP contribution in [0.2, 0.25) is 0 Å². The van der Waals surface area contributed by atoms with Crippen molar-refractivity contribution in [1.29, 1.82) is 0 Å². The van der Waals surface area contributed by atoms with Gasteiger partial charge in [-0.1, -0.05) is 12.1 Å². The van der Waals surface area contributed by atoms with Crippen LogP contribution in [-0.4, -0.2) is 53.4 Å². The zero-order chi connectivity index (χ0) is 20.9. The number of aliphatic imine (C=N–C) groups is 1. The Balaban J connectivity index is 1.42. The molecule has 1 aliphatic heterocycles. The third-order valence-electron chi connectivity index (χ3n) is 4.99. The molecule has 0 amide bonds. The molecule has 1 atom stereocenters. The molecule has 1 aromatic carbocycles. The lowest BCUT2D eigenvalue weighted by molar-refractivity contribution is -0.137. The van der Waals surface area contributed by atoms with E-state index in [-0.39, 0.29) is 6.04 Å². The van der Waals surface area contributed by atoms with E-state index >= 15 is 0 Å². The van der Waals surface area contributed by atoms with Gasteiger partial charge in [0.15, 0.2) is 5.96 Å². The Hall–Kier alpha value is -2.55. The first-order chi connectivity index (χ1) is 13.8. The van der Waals surface area contributed by atoms with Crippen molar-refractivity contribution in [2.45, 2.75) is 31.6 Å². The smallest absolute Gasteiger partial charge is 0.356 e. The van der Waals surface area contributed by atoms with E-state index in [0.717, 1.165) is 56.1 Å². The molecule has 1 unspecified atom stereocenters. The molecule has 158 valence electrons. The Bertz CT molecular complexity index is 812. The normalized spacial score (nSPS) is 18.2. The molecule has 0 saturated carbocycles. The molecule has 2 heterocycles. The molecule has 3 rings (SSSR count). The van der Waals surface area contributed by atoms with Crippen LogP contribution in [0, 0.1) is 0 Å². The molecule has 0 aliphatic carbocycles. The largest absolute Gasteiger partial charge is 0.416 e. The quantitative estimate of drug-likeness (QED) is 0.570. The fourth-order valence-electron chi connectivity index (χ4n) is 3.47. The van der Waals surface area contributed by atoms with Gasteiger partial charge in [0.25, 0.3) is 0 Å². The summed E-state index contributed by atoms with van der Waals surface area (Å²) >= 11 is 0. The van der Waals surface area contributed by atoms with E-state index in [1.165, 1.54) is 5.56 Å². The number of likely N-dealkylation sites (tertiary alicyclic amines) is 1. The molecular weight excluding hydrogens is 381 g/mol. The molecule has 2 N–H and O–H groups in total. The van der Waals surface area contributed by atoms with Gasteiger partial charge in [-0.05, 0) is 36.1 Å². The van der Waals surface area contributed by atoms with Crippen LogP contribution >= 0.6 is 0 Å². The number of nitrogens with zero attached hydrogens (tertiary/aromatic N) is 4. The van der Waals surface area contributed by atoms with Crippen molar-refractivity contribution >= 4 is 5.96 Å². The number of hydrogen-bond donors (Lipinski definition) is 2. The van der Waals surface area contributed by atoms with Crippen molar-refractivity contribution in [1.82, 2.24) is 25.3 Å². The Morgan fingerprint density at radius 1 is 1.24 bits per heavy atom. The fourth-order valence-corrected chi connectivity index (χ4v) is 3.47. The van der Waals surface area contributed by atoms with Crippen LogP contribution in [0.15, 0.2) is 41.7 Å². The molecule has 1 saturated heterocycles. The van der Waals surface area contributed by atoms with Crippen LogP contribution in [0.1, 0.15) is 23.1 Å². The molecular formula is C20H27F3N6. The Labute approximate surface area is 168 Å². The summed E-state index contributed by atoms with van der Waals surface area (Å²) in [6.45, 7) is 3.12. The first-order valence-corrected chi connectivity index (χ1v) is 9.66. The van der Waals surface area contributed by atoms with Gasteiger partial charge in [-0.25, -0.2) is 0 Å². The zero-order valence-electron chi connectivity index (χ0n) is 16.7. The highest BCUT2D eigenvalue weighted by Gasteiger charge is 2.30. The number of aryl methyl sites for hydroxylation is 1. The van der Waals surface area contributed by atoms with Gasteiger partial charge in [0.2, 0.25) is 0 Å². The maximum Gasteiger partial charge on any atom is 0.416 e. The van der Waals surface area contributed by atoms with Crippen molar-refractivity contribution in [3.8, 4) is 0 Å². The van der Waals surface area contributed by atoms with Gasteiger partial charge in [0.05, 0.1) is 11.8 Å². The van der Waals surface area contributed by atoms with Gasteiger partial charge in [0, 0.05) is 52.5 Å². The van der Waals surface area contributed by atoms with Crippen molar-refractivity contribution in [2.75, 3.05) is 26.7 Å². The molecule has 29 heavy (non-hydrogen) atoms. The SMILES string of the molecule is CN=C(NCCc1cnn(C)c1)NC1CCN(Cc2ccc(C(F)(F)F)cc2)C1. The molecule has 9 heteroatoms. The molecule has 0 bridgehead atoms. The Morgan fingerprint density at radius 3 is 2.62 bits per heavy atom. The van der Waals surface area contributed by atoms with Gasteiger partial charge >= 0.3 is 6.18 Å². The van der Waals surface area contributed by atoms with Crippen LogP contribution < -0.4 is 10.6 Å². The van der Waals surface area contributed by atoms with E-state index in [1.807, 2.05) is 19.4 Å². The standard InChI is InChI=1S/C20H27F3N6/c1-24-19(25-9-7-16-11-26-28(2)12-16)27-18-8-10-29(14-18)13-15-3-5-17(6-4-15)20(21,22)23/h3-6,11-12,18H,7-10,13-14H2,1-2H3,(H2,24,25,27). The molecule has 0 spiro atoms. The van der Waals surface area contributed by atoms with Gasteiger partial charge in [-0.15, -0.1) is 0 Å². The minimum absolute atomic E-state index is 0.258. The summed E-state index contributed by atoms with van der Waals surface area (Å²) in [5.41, 5.74) is 1.44. The van der Waals surface area contributed by atoms with E-state index in [1.54, 1.807) is 23.9 Å². The number of hydrogen-bond acceptors (Lipinski definition) is 3. The average Bonchev–Trinajstić information content (AvgIpc) is 3.29. The maximum absolute atomic E-state index is 12.7. The van der Waals surface area contributed by atoms with E-state index in [9.17, 15) is 13.2 Å². The van der Waals surface area contributed by atoms with Crippen LogP contribution in [0.25, 0.3) is 0 Å². The van der Waals surface area contributed by atoms with Crippen molar-refractivity contribution < 1.29 is 13.2 Å². The second-order valence-corrected chi connectivity index (χ2v) is 7.33. The Morgan fingerprint density at radius 2 is 2.00 bits per heavy atom. The van der Waals surface area contributed by atoms with Gasteiger partial charge < -0.3 is 10.6 Å². The van der Waals surface area contributed by atoms with E-state index in [4.69, 9.17) is 0 Å². The summed E-state index contributed by atoms with van der Waals surface area (Å²) in [6.07, 6.45) is 1.38. The number of nitrogens with one attached hydrogen (secondary N) is 2. The second-order valence-electron chi connectivity index (χ2n) is 7.33. The predicted molar refractivity (Wildman–Crippen MR) is 107 cm³/mol. The number of halogens is 3. The summed E-state index contributed by atoms with van der Waals surface area (Å²) in [7, 11) is 3.64. The van der Waals surface area contributed by atoms with Crippen molar-refractivity contribution in [3.05, 3.63) is 53.3 Å². The van der Waals surface area contributed by atoms with Crippen LogP contribution in [0.4, 0.5) is 13.2 Å². The highest BCUT2D eigenvalue weighted by molar-refractivity contribution is 5.80. The third kappa shape index (κ3) is 6.22. The number of guanidine groups is 1. The topological polar surface area (TPSA) is 57.5 Å². The highest BCUT2D eigenvalue weighted by Crippen LogP contribution is 2.29. The maximum atomic E-state index is 12.7. The molecule has 1 fully saturated rings. The molecule has 0 radical (unpaired) electrons. The minimum atomic E-state index is -4.29. The molecule has 1 aromatic heterocycles. The van der Waals surface area contributed by atoms with Crippen LogP contribution in [0.3, 0.4) is 0 Å². The predicted octanol–water partition coefficient (Wildman–Crippen LogP) is 2.42. The van der Waals surface area contributed by atoms with Gasteiger partial charge in [-0.3, -0.25) is 14.6 Å². The number of alkyl halides is 3. The van der Waals surface area contributed by atoms with E-state index in [2.05, 4.69) is 25.6 Å². The first-order valence-electron chi connectivity index (χ1n) is 9.66. The van der Waals surface area contributed by atoms with Gasteiger partial charge in [-0.2, -0.15) is 18.3 Å². The summed E-state index contributed by atoms with van der Waals surface area (Å²) in [5.74, 6) is 0.760. The molecule has 6 nitrogen and oxygen atoms in total. The van der Waals surface area contributed by atoms with Gasteiger partial charge in [0.1, 0.15) is 0 Å². The van der Waals surface area contributed by atoms with Crippen molar-refractivity contribution in [3.63, 3.8) is 0 Å². The lowest BCUT2D eigenvalue weighted by Crippen LogP contribution is -2.45. The monoisotopic (exact) mass is 408 g/mol. The summed E-state index contributed by atoms with van der Waals surface area (Å²) in [4.78, 5) is 6.52. The highest BCUT2D eigenvalue weighted by atomic mass is 19.4. The van der Waals surface area contributed by atoms with E-state index < -0.39 is 11.7 Å². The summed E-state index contributed by atoms with van der Waals surface area (Å²) in [5, 5.41) is 10.9. The van der Waals surface area contributed by atoms with E-state index in [0.29, 0.717) is 6.54 Å². The zero-order valence-corrected chi connectivity index (χ0v) is 16.7. The number of benzene rings is 1. The van der Waals surface area contributed by atoms with Crippen LogP contribution in [-0.2, 0) is 26.2 Å². The summed E-state index contributed by atoms with van der Waals surface area (Å²) in [6, 6.07) is 5.67. The second kappa shape index (κ2) is 9.30. The summed E-state index contributed by atoms with van der Waals surface area (Å²) < 4.78 is 39.8. The number of aromatic nitrogens is 2. The first kappa shape index (κ1) is 21.2. The lowest BCUT2D eigenvalue weighted by Gasteiger charge is -2.19. The Kier molecular flexibility index (Phi) is 6.79.